The largest absolute Gasteiger partial charge is 0.483 e. The summed E-state index contributed by atoms with van der Waals surface area (Å²) in [4.78, 5) is 0. The van der Waals surface area contributed by atoms with Gasteiger partial charge in [0.25, 0.3) is 0 Å². The van der Waals surface area contributed by atoms with E-state index in [1.54, 1.807) is 0 Å². The molecule has 1 aliphatic rings. The predicted octanol–water partition coefficient (Wildman–Crippen LogP) is 3.36. The average molecular weight is 242 g/mol. The molecule has 2 aromatic rings. The normalized spacial score (nSPS) is 21.4. The van der Waals surface area contributed by atoms with Crippen LogP contribution >= 0.6 is 0 Å². The van der Waals surface area contributed by atoms with E-state index in [0.29, 0.717) is 6.42 Å². The zero-order valence-corrected chi connectivity index (χ0v) is 9.41. The van der Waals surface area contributed by atoms with E-state index in [1.807, 2.05) is 54.6 Å². The Kier molecular flexibility index (Phi) is 3.68. The van der Waals surface area contributed by atoms with Crippen LogP contribution in [0.25, 0.3) is 0 Å². The van der Waals surface area contributed by atoms with E-state index in [0.717, 1.165) is 16.9 Å². The minimum atomic E-state index is -0.479. The second kappa shape index (κ2) is 5.23. The number of hydrogen-bond donors (Lipinski definition) is 1. The van der Waals surface area contributed by atoms with Crippen molar-refractivity contribution in [2.45, 2.75) is 26.1 Å². The van der Waals surface area contributed by atoms with Crippen LogP contribution in [-0.2, 0) is 6.42 Å². The maximum absolute atomic E-state index is 10.1. The van der Waals surface area contributed by atoms with E-state index in [1.165, 1.54) is 0 Å². The fraction of sp³-hybridized carbons (Fsp3) is 0.250. The molecular formula is C16H18O2. The van der Waals surface area contributed by atoms with Crippen molar-refractivity contribution in [2.24, 2.45) is 0 Å². The smallest absolute Gasteiger partial charge is 0.150 e. The number of aliphatic hydroxyl groups excluding tert-OH is 1. The molecule has 18 heavy (non-hydrogen) atoms. The molecule has 3 rings (SSSR count). The van der Waals surface area contributed by atoms with Gasteiger partial charge in [-0.3, -0.25) is 0 Å². The van der Waals surface area contributed by atoms with E-state index in [2.05, 4.69) is 0 Å². The van der Waals surface area contributed by atoms with Gasteiger partial charge in [-0.05, 0) is 17.2 Å². The molecule has 0 aromatic heterocycles. The summed E-state index contributed by atoms with van der Waals surface area (Å²) in [7, 11) is 0. The first-order chi connectivity index (χ1) is 8.34. The first kappa shape index (κ1) is 12.7. The van der Waals surface area contributed by atoms with Crippen LogP contribution in [0.5, 0.6) is 5.75 Å². The number of rotatable bonds is 1. The van der Waals surface area contributed by atoms with Crippen LogP contribution in [-0.4, -0.2) is 11.2 Å². The van der Waals surface area contributed by atoms with Crippen molar-refractivity contribution in [3.63, 3.8) is 0 Å². The van der Waals surface area contributed by atoms with Crippen LogP contribution in [0.2, 0.25) is 0 Å². The van der Waals surface area contributed by atoms with Gasteiger partial charge in [-0.15, -0.1) is 0 Å². The minimum Gasteiger partial charge on any atom is -0.483 e. The van der Waals surface area contributed by atoms with Crippen molar-refractivity contribution in [3.05, 3.63) is 65.7 Å². The summed E-state index contributed by atoms with van der Waals surface area (Å²) in [5.41, 5.74) is 2.10. The molecule has 1 N–H and O–H groups in total. The third-order valence-electron chi connectivity index (χ3n) is 3.13. The summed E-state index contributed by atoms with van der Waals surface area (Å²) in [6.45, 7) is 0. The molecule has 0 radical (unpaired) electrons. The predicted molar refractivity (Wildman–Crippen MR) is 72.7 cm³/mol. The molecule has 2 atom stereocenters. The topological polar surface area (TPSA) is 29.5 Å². The van der Waals surface area contributed by atoms with Crippen molar-refractivity contribution in [1.29, 1.82) is 0 Å². The Hall–Kier alpha value is -1.80. The zero-order chi connectivity index (χ0) is 11.7. The molecule has 2 aromatic carbocycles. The maximum Gasteiger partial charge on any atom is 0.150 e. The van der Waals surface area contributed by atoms with Crippen LogP contribution in [0.15, 0.2) is 54.6 Å². The summed E-state index contributed by atoms with van der Waals surface area (Å²) in [5.74, 6) is 0.881. The van der Waals surface area contributed by atoms with Gasteiger partial charge in [0.1, 0.15) is 11.9 Å². The lowest BCUT2D eigenvalue weighted by molar-refractivity contribution is 0.0208. The lowest BCUT2D eigenvalue weighted by atomic mass is 9.95. The Morgan fingerprint density at radius 2 is 1.61 bits per heavy atom. The van der Waals surface area contributed by atoms with Gasteiger partial charge >= 0.3 is 0 Å². The van der Waals surface area contributed by atoms with Crippen LogP contribution in [0.3, 0.4) is 0 Å². The van der Waals surface area contributed by atoms with Crippen molar-refractivity contribution >= 4 is 0 Å². The molecule has 0 amide bonds. The van der Waals surface area contributed by atoms with Crippen molar-refractivity contribution in [1.82, 2.24) is 0 Å². The fourth-order valence-corrected chi connectivity index (χ4v) is 2.27. The van der Waals surface area contributed by atoms with Crippen LogP contribution in [0, 0.1) is 0 Å². The lowest BCUT2D eigenvalue weighted by Gasteiger charge is -2.30. The number of benzene rings is 2. The highest BCUT2D eigenvalue weighted by atomic mass is 16.5. The number of fused-ring (bicyclic) bond motifs is 1. The van der Waals surface area contributed by atoms with Gasteiger partial charge in [0, 0.05) is 6.42 Å². The lowest BCUT2D eigenvalue weighted by Crippen LogP contribution is -2.30. The molecule has 0 aliphatic carbocycles. The van der Waals surface area contributed by atoms with Crippen molar-refractivity contribution in [3.8, 4) is 5.75 Å². The summed E-state index contributed by atoms with van der Waals surface area (Å²) < 4.78 is 5.88. The Morgan fingerprint density at radius 1 is 0.944 bits per heavy atom. The quantitative estimate of drug-likeness (QED) is 0.831. The summed E-state index contributed by atoms with van der Waals surface area (Å²) in [5, 5.41) is 10.1. The monoisotopic (exact) mass is 242 g/mol. The molecule has 0 bridgehead atoms. The molecule has 2 nitrogen and oxygen atoms in total. The summed E-state index contributed by atoms with van der Waals surface area (Å²) in [6, 6.07) is 17.8. The molecule has 0 saturated carbocycles. The standard InChI is InChI=1S/C15H14O2.CH4/c16-13-10-12-8-4-5-9-14(12)17-15(13)11-6-2-1-3-7-11;/h1-9,13,15-16H,10H2;1H4. The Labute approximate surface area is 108 Å². The van der Waals surface area contributed by atoms with Gasteiger partial charge in [0.2, 0.25) is 0 Å². The van der Waals surface area contributed by atoms with Gasteiger partial charge in [-0.25, -0.2) is 0 Å². The van der Waals surface area contributed by atoms with E-state index in [-0.39, 0.29) is 13.5 Å². The Bertz CT molecular complexity index is 508. The van der Waals surface area contributed by atoms with Crippen LogP contribution in [0.4, 0.5) is 0 Å². The highest BCUT2D eigenvalue weighted by molar-refractivity contribution is 5.37. The first-order valence-electron chi connectivity index (χ1n) is 5.82. The Morgan fingerprint density at radius 3 is 2.39 bits per heavy atom. The van der Waals surface area contributed by atoms with E-state index >= 15 is 0 Å². The number of ether oxygens (including phenoxy) is 1. The molecule has 1 heterocycles. The maximum atomic E-state index is 10.1. The second-order valence-corrected chi connectivity index (χ2v) is 4.33. The zero-order valence-electron chi connectivity index (χ0n) is 9.41. The van der Waals surface area contributed by atoms with Gasteiger partial charge < -0.3 is 9.84 Å². The molecule has 0 saturated heterocycles. The third kappa shape index (κ3) is 2.24. The molecule has 0 fully saturated rings. The van der Waals surface area contributed by atoms with Gasteiger partial charge in [-0.1, -0.05) is 56.0 Å². The molecule has 1 aliphatic heterocycles. The molecular weight excluding hydrogens is 224 g/mol. The van der Waals surface area contributed by atoms with Crippen molar-refractivity contribution < 1.29 is 9.84 Å². The number of hydrogen-bond acceptors (Lipinski definition) is 2. The SMILES string of the molecule is C.OC1Cc2ccccc2OC1c1ccccc1. The van der Waals surface area contributed by atoms with E-state index in [4.69, 9.17) is 4.74 Å². The second-order valence-electron chi connectivity index (χ2n) is 4.33. The summed E-state index contributed by atoms with van der Waals surface area (Å²) >= 11 is 0. The van der Waals surface area contributed by atoms with Gasteiger partial charge in [-0.2, -0.15) is 0 Å². The minimum absolute atomic E-state index is 0. The summed E-state index contributed by atoms with van der Waals surface area (Å²) in [6.07, 6.45) is -0.0890. The van der Waals surface area contributed by atoms with Gasteiger partial charge in [0.05, 0.1) is 6.10 Å². The van der Waals surface area contributed by atoms with Crippen molar-refractivity contribution in [2.75, 3.05) is 0 Å². The number of aliphatic hydroxyl groups is 1. The molecule has 2 heteroatoms. The Balaban J connectivity index is 0.00000120. The van der Waals surface area contributed by atoms with E-state index in [9.17, 15) is 5.11 Å². The average Bonchev–Trinajstić information content (AvgIpc) is 2.39. The van der Waals surface area contributed by atoms with Crippen LogP contribution in [0.1, 0.15) is 24.7 Å². The molecule has 2 unspecified atom stereocenters. The number of para-hydroxylation sites is 1. The molecule has 94 valence electrons. The van der Waals surface area contributed by atoms with Gasteiger partial charge in [0.15, 0.2) is 0 Å². The fourth-order valence-electron chi connectivity index (χ4n) is 2.27. The third-order valence-corrected chi connectivity index (χ3v) is 3.13. The first-order valence-corrected chi connectivity index (χ1v) is 5.82. The highest BCUT2D eigenvalue weighted by Gasteiger charge is 2.29. The van der Waals surface area contributed by atoms with E-state index < -0.39 is 6.10 Å². The molecule has 0 spiro atoms. The van der Waals surface area contributed by atoms with Crippen LogP contribution < -0.4 is 4.74 Å². The highest BCUT2D eigenvalue weighted by Crippen LogP contribution is 2.34.